The van der Waals surface area contributed by atoms with Gasteiger partial charge in [-0.1, -0.05) is 42.2 Å². The average molecular weight is 411 g/mol. The van der Waals surface area contributed by atoms with E-state index < -0.39 is 11.7 Å². The van der Waals surface area contributed by atoms with Gasteiger partial charge in [0.25, 0.3) is 5.91 Å². The maximum atomic E-state index is 12.8. The van der Waals surface area contributed by atoms with E-state index in [4.69, 9.17) is 22.1 Å². The van der Waals surface area contributed by atoms with Gasteiger partial charge in [0.1, 0.15) is 23.7 Å². The SMILES string of the molecule is O=C(O)c1ccc(N2C(=O)/C(=C/C3=Cc4ccccc4OC3)SC2=S)cc1O. The molecule has 0 bridgehead atoms. The molecule has 0 aliphatic carbocycles. The largest absolute Gasteiger partial charge is 0.507 e. The molecule has 2 aromatic carbocycles. The number of aromatic carboxylic acids is 1. The lowest BCUT2D eigenvalue weighted by atomic mass is 10.1. The number of ether oxygens (including phenoxy) is 1. The molecule has 2 aliphatic heterocycles. The first-order valence-corrected chi connectivity index (χ1v) is 9.43. The number of carbonyl (C=O) groups is 2. The zero-order valence-corrected chi connectivity index (χ0v) is 15.9. The first-order valence-electron chi connectivity index (χ1n) is 8.21. The Kier molecular flexibility index (Phi) is 4.66. The maximum absolute atomic E-state index is 12.8. The number of carboxylic acids is 1. The molecule has 0 saturated carbocycles. The van der Waals surface area contributed by atoms with Crippen LogP contribution in [-0.4, -0.2) is 33.0 Å². The number of benzene rings is 2. The fourth-order valence-electron chi connectivity index (χ4n) is 2.92. The van der Waals surface area contributed by atoms with Crippen molar-refractivity contribution in [2.75, 3.05) is 11.5 Å². The lowest BCUT2D eigenvalue weighted by Crippen LogP contribution is -2.27. The molecule has 0 aromatic heterocycles. The van der Waals surface area contributed by atoms with Gasteiger partial charge in [0.05, 0.1) is 10.6 Å². The third kappa shape index (κ3) is 3.28. The number of anilines is 1. The van der Waals surface area contributed by atoms with Crippen LogP contribution in [0.5, 0.6) is 11.5 Å². The number of para-hydroxylation sites is 1. The topological polar surface area (TPSA) is 87.1 Å². The number of carbonyl (C=O) groups excluding carboxylic acids is 1. The number of carboxylic acid groups (broad SMARTS) is 1. The van der Waals surface area contributed by atoms with Crippen molar-refractivity contribution in [2.45, 2.75) is 0 Å². The van der Waals surface area contributed by atoms with E-state index in [2.05, 4.69) is 0 Å². The first-order chi connectivity index (χ1) is 13.4. The Hall–Kier alpha value is -3.10. The van der Waals surface area contributed by atoms with E-state index in [1.54, 1.807) is 6.08 Å². The molecule has 2 aliphatic rings. The normalized spacial score (nSPS) is 17.4. The Labute approximate surface area is 169 Å². The van der Waals surface area contributed by atoms with Gasteiger partial charge in [-0.05, 0) is 35.9 Å². The fourth-order valence-corrected chi connectivity index (χ4v) is 4.23. The monoisotopic (exact) mass is 411 g/mol. The predicted octanol–water partition coefficient (Wildman–Crippen LogP) is 3.82. The molecule has 2 aromatic rings. The van der Waals surface area contributed by atoms with Gasteiger partial charge < -0.3 is 14.9 Å². The van der Waals surface area contributed by atoms with Crippen LogP contribution < -0.4 is 9.64 Å². The second kappa shape index (κ2) is 7.14. The van der Waals surface area contributed by atoms with Gasteiger partial charge in [-0.15, -0.1) is 0 Å². The number of fused-ring (bicyclic) bond motifs is 1. The zero-order valence-electron chi connectivity index (χ0n) is 14.3. The van der Waals surface area contributed by atoms with Crippen molar-refractivity contribution in [2.24, 2.45) is 0 Å². The number of phenols is 1. The van der Waals surface area contributed by atoms with Crippen LogP contribution in [-0.2, 0) is 4.79 Å². The van der Waals surface area contributed by atoms with Crippen LogP contribution in [0.1, 0.15) is 15.9 Å². The third-order valence-electron chi connectivity index (χ3n) is 4.23. The van der Waals surface area contributed by atoms with Crippen LogP contribution in [0.15, 0.2) is 59.0 Å². The summed E-state index contributed by atoms with van der Waals surface area (Å²) >= 11 is 6.46. The summed E-state index contributed by atoms with van der Waals surface area (Å²) in [6.07, 6.45) is 3.69. The van der Waals surface area contributed by atoms with Crippen LogP contribution in [0, 0.1) is 0 Å². The van der Waals surface area contributed by atoms with E-state index in [0.717, 1.165) is 28.6 Å². The smallest absolute Gasteiger partial charge is 0.339 e. The molecule has 8 heteroatoms. The summed E-state index contributed by atoms with van der Waals surface area (Å²) in [5.41, 5.74) is 1.84. The molecular formula is C20H13NO5S2. The summed E-state index contributed by atoms with van der Waals surface area (Å²) in [6, 6.07) is 11.5. The summed E-state index contributed by atoms with van der Waals surface area (Å²) in [5.74, 6) is -1.22. The van der Waals surface area contributed by atoms with E-state index >= 15 is 0 Å². The van der Waals surface area contributed by atoms with E-state index in [0.29, 0.717) is 21.5 Å². The molecule has 6 nitrogen and oxygen atoms in total. The van der Waals surface area contributed by atoms with E-state index in [9.17, 15) is 14.7 Å². The highest BCUT2D eigenvalue weighted by Gasteiger charge is 2.34. The second-order valence-electron chi connectivity index (χ2n) is 6.07. The first kappa shape index (κ1) is 18.3. The van der Waals surface area contributed by atoms with Crippen molar-refractivity contribution in [3.05, 3.63) is 70.1 Å². The Balaban J connectivity index is 1.63. The minimum absolute atomic E-state index is 0.243. The zero-order chi connectivity index (χ0) is 19.8. The molecule has 2 heterocycles. The summed E-state index contributed by atoms with van der Waals surface area (Å²) in [6.45, 7) is 0.342. The van der Waals surface area contributed by atoms with Crippen LogP contribution in [0.4, 0.5) is 5.69 Å². The van der Waals surface area contributed by atoms with Crippen LogP contribution in [0.25, 0.3) is 6.08 Å². The van der Waals surface area contributed by atoms with Crippen molar-refractivity contribution >= 4 is 51.9 Å². The van der Waals surface area contributed by atoms with Gasteiger partial charge in [-0.3, -0.25) is 9.69 Å². The van der Waals surface area contributed by atoms with Gasteiger partial charge in [0.2, 0.25) is 0 Å². The summed E-state index contributed by atoms with van der Waals surface area (Å²) in [7, 11) is 0. The van der Waals surface area contributed by atoms with Gasteiger partial charge in [-0.25, -0.2) is 4.79 Å². The molecule has 1 saturated heterocycles. The third-order valence-corrected chi connectivity index (χ3v) is 5.54. The van der Waals surface area contributed by atoms with Crippen molar-refractivity contribution in [1.29, 1.82) is 0 Å². The molecule has 0 atom stereocenters. The number of rotatable bonds is 3. The van der Waals surface area contributed by atoms with E-state index in [-0.39, 0.29) is 11.5 Å². The average Bonchev–Trinajstić information content (AvgIpc) is 2.94. The number of nitrogens with zero attached hydrogens (tertiary/aromatic N) is 1. The van der Waals surface area contributed by atoms with Gasteiger partial charge in [0, 0.05) is 11.6 Å². The Morgan fingerprint density at radius 2 is 2.04 bits per heavy atom. The van der Waals surface area contributed by atoms with Crippen LogP contribution >= 0.6 is 24.0 Å². The molecule has 28 heavy (non-hydrogen) atoms. The molecule has 1 fully saturated rings. The van der Waals surface area contributed by atoms with Crippen LogP contribution in [0.2, 0.25) is 0 Å². The number of thioether (sulfide) groups is 1. The number of thiocarbonyl (C=S) groups is 1. The lowest BCUT2D eigenvalue weighted by Gasteiger charge is -2.16. The standard InChI is InChI=1S/C20H13NO5S2/c22-15-9-13(5-6-14(15)19(24)25)21-18(23)17(28-20(21)27)8-11-7-12-3-1-2-4-16(12)26-10-11/h1-9,22H,10H2,(H,24,25)/b17-8-. The van der Waals surface area contributed by atoms with Crippen molar-refractivity contribution in [3.63, 3.8) is 0 Å². The fraction of sp³-hybridized carbons (Fsp3) is 0.0500. The molecule has 4 rings (SSSR count). The quantitative estimate of drug-likeness (QED) is 0.587. The van der Waals surface area contributed by atoms with Crippen molar-refractivity contribution in [1.82, 2.24) is 0 Å². The van der Waals surface area contributed by atoms with Gasteiger partial charge in [-0.2, -0.15) is 0 Å². The maximum Gasteiger partial charge on any atom is 0.339 e. The van der Waals surface area contributed by atoms with Crippen molar-refractivity contribution < 1.29 is 24.5 Å². The predicted molar refractivity (Wildman–Crippen MR) is 111 cm³/mol. The molecule has 1 amide bonds. The summed E-state index contributed by atoms with van der Waals surface area (Å²) < 4.78 is 6.00. The molecule has 0 unspecified atom stereocenters. The highest BCUT2D eigenvalue weighted by atomic mass is 32.2. The Morgan fingerprint density at radius 3 is 2.79 bits per heavy atom. The minimum atomic E-state index is -1.25. The highest BCUT2D eigenvalue weighted by molar-refractivity contribution is 8.27. The second-order valence-corrected chi connectivity index (χ2v) is 7.75. The lowest BCUT2D eigenvalue weighted by molar-refractivity contribution is -0.113. The summed E-state index contributed by atoms with van der Waals surface area (Å²) in [4.78, 5) is 25.6. The van der Waals surface area contributed by atoms with E-state index in [1.807, 2.05) is 30.3 Å². The number of aromatic hydroxyl groups is 1. The number of hydrogen-bond acceptors (Lipinski definition) is 6. The number of amides is 1. The van der Waals surface area contributed by atoms with Gasteiger partial charge in [0.15, 0.2) is 4.32 Å². The Bertz CT molecular complexity index is 1090. The minimum Gasteiger partial charge on any atom is -0.507 e. The summed E-state index contributed by atoms with van der Waals surface area (Å²) in [5, 5.41) is 18.9. The van der Waals surface area contributed by atoms with Crippen LogP contribution in [0.3, 0.4) is 0 Å². The highest BCUT2D eigenvalue weighted by Crippen LogP contribution is 2.38. The molecule has 0 spiro atoms. The van der Waals surface area contributed by atoms with E-state index in [1.165, 1.54) is 23.1 Å². The molecular weight excluding hydrogens is 398 g/mol. The molecule has 140 valence electrons. The molecule has 0 radical (unpaired) electrons. The Morgan fingerprint density at radius 1 is 1.25 bits per heavy atom. The van der Waals surface area contributed by atoms with Gasteiger partial charge >= 0.3 is 5.97 Å². The van der Waals surface area contributed by atoms with Crippen molar-refractivity contribution in [3.8, 4) is 11.5 Å². The number of hydrogen-bond donors (Lipinski definition) is 2. The molecule has 2 N–H and O–H groups in total.